The molecule has 0 radical (unpaired) electrons. The van der Waals surface area contributed by atoms with Gasteiger partial charge in [0, 0.05) is 0 Å². The van der Waals surface area contributed by atoms with Gasteiger partial charge in [-0.15, -0.1) is 0 Å². The van der Waals surface area contributed by atoms with Gasteiger partial charge in [-0.25, -0.2) is 0 Å². The topological polar surface area (TPSA) is 55.2 Å². The molecule has 0 aliphatic carbocycles. The molecule has 0 unspecified atom stereocenters. The number of halogens is 1. The standard InChI is InChI=1S/C6H7BrN2O2/c1-3-4(7)5(11-2)9-6(10)8-3/h1-2H3,(H,8,9,10). The fourth-order valence-electron chi connectivity index (χ4n) is 0.654. The zero-order valence-electron chi connectivity index (χ0n) is 6.13. The maximum Gasteiger partial charge on any atom is 0.317 e. The SMILES string of the molecule is COc1nc(O)nc(C)c1Br. The molecule has 1 aromatic heterocycles. The summed E-state index contributed by atoms with van der Waals surface area (Å²) in [6.07, 6.45) is 0. The Morgan fingerprint density at radius 1 is 1.45 bits per heavy atom. The Morgan fingerprint density at radius 2 is 2.09 bits per heavy atom. The Morgan fingerprint density at radius 3 is 2.64 bits per heavy atom. The minimum atomic E-state index is -0.275. The van der Waals surface area contributed by atoms with Crippen LogP contribution in [-0.4, -0.2) is 22.2 Å². The lowest BCUT2D eigenvalue weighted by atomic mass is 10.4. The molecule has 1 rings (SSSR count). The molecule has 1 heterocycles. The number of aryl methyl sites for hydroxylation is 1. The van der Waals surface area contributed by atoms with E-state index in [-0.39, 0.29) is 6.01 Å². The quantitative estimate of drug-likeness (QED) is 0.772. The van der Waals surface area contributed by atoms with Crippen molar-refractivity contribution in [3.8, 4) is 11.9 Å². The van der Waals surface area contributed by atoms with E-state index in [1.807, 2.05) is 0 Å². The van der Waals surface area contributed by atoms with Crippen LogP contribution in [0.25, 0.3) is 0 Å². The third-order valence-electron chi connectivity index (χ3n) is 1.17. The van der Waals surface area contributed by atoms with Crippen LogP contribution in [-0.2, 0) is 0 Å². The van der Waals surface area contributed by atoms with Gasteiger partial charge in [-0.3, -0.25) is 0 Å². The van der Waals surface area contributed by atoms with Crippen molar-refractivity contribution in [1.29, 1.82) is 0 Å². The second kappa shape index (κ2) is 3.04. The van der Waals surface area contributed by atoms with E-state index in [0.717, 1.165) is 0 Å². The average molecular weight is 219 g/mol. The normalized spacial score (nSPS) is 9.73. The van der Waals surface area contributed by atoms with E-state index in [0.29, 0.717) is 16.0 Å². The second-order valence-electron chi connectivity index (χ2n) is 1.93. The molecule has 0 bridgehead atoms. The van der Waals surface area contributed by atoms with Gasteiger partial charge in [0.05, 0.1) is 12.8 Å². The predicted octanol–water partition coefficient (Wildman–Crippen LogP) is 1.26. The smallest absolute Gasteiger partial charge is 0.317 e. The molecule has 4 nitrogen and oxygen atoms in total. The molecule has 0 aliphatic rings. The first-order valence-corrected chi connectivity index (χ1v) is 3.71. The third-order valence-corrected chi connectivity index (χ3v) is 2.08. The molecule has 1 N–H and O–H groups in total. The summed E-state index contributed by atoms with van der Waals surface area (Å²) < 4.78 is 5.51. The number of nitrogens with zero attached hydrogens (tertiary/aromatic N) is 2. The van der Waals surface area contributed by atoms with E-state index < -0.39 is 0 Å². The number of rotatable bonds is 1. The Bertz CT molecular complexity index is 278. The van der Waals surface area contributed by atoms with E-state index in [9.17, 15) is 0 Å². The molecule has 0 aromatic carbocycles. The Hall–Kier alpha value is -0.840. The number of methoxy groups -OCH3 is 1. The lowest BCUT2D eigenvalue weighted by Gasteiger charge is -2.03. The van der Waals surface area contributed by atoms with Crippen molar-refractivity contribution in [2.75, 3.05) is 7.11 Å². The Labute approximate surface area is 72.4 Å². The van der Waals surface area contributed by atoms with Gasteiger partial charge in [0.25, 0.3) is 0 Å². The Balaban J connectivity index is 3.24. The highest BCUT2D eigenvalue weighted by Gasteiger charge is 2.07. The van der Waals surface area contributed by atoms with Crippen LogP contribution in [0, 0.1) is 6.92 Å². The largest absolute Gasteiger partial charge is 0.480 e. The fraction of sp³-hybridized carbons (Fsp3) is 0.333. The van der Waals surface area contributed by atoms with E-state index in [4.69, 9.17) is 9.84 Å². The van der Waals surface area contributed by atoms with E-state index in [1.54, 1.807) is 6.92 Å². The highest BCUT2D eigenvalue weighted by Crippen LogP contribution is 2.25. The van der Waals surface area contributed by atoms with E-state index >= 15 is 0 Å². The van der Waals surface area contributed by atoms with Gasteiger partial charge in [0.2, 0.25) is 5.88 Å². The van der Waals surface area contributed by atoms with Crippen LogP contribution in [0.1, 0.15) is 5.69 Å². The Kier molecular flexibility index (Phi) is 2.28. The summed E-state index contributed by atoms with van der Waals surface area (Å²) in [5.74, 6) is 0.343. The molecule has 0 saturated carbocycles. The van der Waals surface area contributed by atoms with E-state index in [2.05, 4.69) is 25.9 Å². The number of hydrogen-bond donors (Lipinski definition) is 1. The molecule has 0 spiro atoms. The van der Waals surface area contributed by atoms with Crippen LogP contribution in [0.3, 0.4) is 0 Å². The van der Waals surface area contributed by atoms with Crippen LogP contribution < -0.4 is 4.74 Å². The number of ether oxygens (including phenoxy) is 1. The van der Waals surface area contributed by atoms with Crippen LogP contribution in [0.4, 0.5) is 0 Å². The molecule has 0 amide bonds. The molecule has 11 heavy (non-hydrogen) atoms. The average Bonchev–Trinajstić information content (AvgIpc) is 1.96. The van der Waals surface area contributed by atoms with Gasteiger partial charge in [-0.05, 0) is 22.9 Å². The van der Waals surface area contributed by atoms with Crippen molar-refractivity contribution in [3.05, 3.63) is 10.2 Å². The van der Waals surface area contributed by atoms with Gasteiger partial charge >= 0.3 is 6.01 Å². The molecule has 0 fully saturated rings. The first kappa shape index (κ1) is 8.26. The minimum absolute atomic E-state index is 0.275. The number of aromatic nitrogens is 2. The maximum atomic E-state index is 8.93. The summed E-state index contributed by atoms with van der Waals surface area (Å²) in [5, 5.41) is 8.93. The molecule has 60 valence electrons. The predicted molar refractivity (Wildman–Crippen MR) is 42.7 cm³/mol. The van der Waals surface area contributed by atoms with E-state index in [1.165, 1.54) is 7.11 Å². The zero-order valence-corrected chi connectivity index (χ0v) is 7.71. The summed E-state index contributed by atoms with van der Waals surface area (Å²) in [4.78, 5) is 7.33. The molecule has 1 aromatic rings. The van der Waals surface area contributed by atoms with Crippen molar-refractivity contribution >= 4 is 15.9 Å². The van der Waals surface area contributed by atoms with Crippen molar-refractivity contribution in [2.45, 2.75) is 6.92 Å². The maximum absolute atomic E-state index is 8.93. The summed E-state index contributed by atoms with van der Waals surface area (Å²) in [6.45, 7) is 1.74. The number of aromatic hydroxyl groups is 1. The highest BCUT2D eigenvalue weighted by molar-refractivity contribution is 9.10. The summed E-state index contributed by atoms with van der Waals surface area (Å²) in [6, 6.07) is -0.275. The summed E-state index contributed by atoms with van der Waals surface area (Å²) in [7, 11) is 1.48. The van der Waals surface area contributed by atoms with Gasteiger partial charge in [0.15, 0.2) is 0 Å². The minimum Gasteiger partial charge on any atom is -0.480 e. The van der Waals surface area contributed by atoms with Crippen molar-refractivity contribution < 1.29 is 9.84 Å². The van der Waals surface area contributed by atoms with Crippen LogP contribution >= 0.6 is 15.9 Å². The molecule has 0 aliphatic heterocycles. The van der Waals surface area contributed by atoms with Gasteiger partial charge in [-0.1, -0.05) is 0 Å². The molecule has 5 heteroatoms. The summed E-state index contributed by atoms with van der Waals surface area (Å²) in [5.41, 5.74) is 0.648. The first-order valence-electron chi connectivity index (χ1n) is 2.92. The van der Waals surface area contributed by atoms with Gasteiger partial charge in [-0.2, -0.15) is 9.97 Å². The zero-order chi connectivity index (χ0) is 8.43. The highest BCUT2D eigenvalue weighted by atomic mass is 79.9. The summed E-state index contributed by atoms with van der Waals surface area (Å²) >= 11 is 3.21. The molecule has 0 atom stereocenters. The van der Waals surface area contributed by atoms with Crippen molar-refractivity contribution in [3.63, 3.8) is 0 Å². The van der Waals surface area contributed by atoms with Crippen LogP contribution in [0.15, 0.2) is 4.47 Å². The fourth-order valence-corrected chi connectivity index (χ4v) is 0.993. The molecular weight excluding hydrogens is 212 g/mol. The monoisotopic (exact) mass is 218 g/mol. The van der Waals surface area contributed by atoms with Crippen molar-refractivity contribution in [2.24, 2.45) is 0 Å². The number of hydrogen-bond acceptors (Lipinski definition) is 4. The van der Waals surface area contributed by atoms with Crippen molar-refractivity contribution in [1.82, 2.24) is 9.97 Å². The molecule has 0 saturated heterocycles. The van der Waals surface area contributed by atoms with Gasteiger partial charge in [0.1, 0.15) is 4.47 Å². The second-order valence-corrected chi connectivity index (χ2v) is 2.73. The lowest BCUT2D eigenvalue weighted by molar-refractivity contribution is 0.367. The molecular formula is C6H7BrN2O2. The third kappa shape index (κ3) is 1.59. The lowest BCUT2D eigenvalue weighted by Crippen LogP contribution is -1.94. The van der Waals surface area contributed by atoms with Crippen LogP contribution in [0.2, 0.25) is 0 Å². The van der Waals surface area contributed by atoms with Crippen LogP contribution in [0.5, 0.6) is 11.9 Å². The van der Waals surface area contributed by atoms with Gasteiger partial charge < -0.3 is 9.84 Å². The first-order chi connectivity index (χ1) is 5.15.